The van der Waals surface area contributed by atoms with Crippen LogP contribution in [0, 0.1) is 5.92 Å². The summed E-state index contributed by atoms with van der Waals surface area (Å²) in [5, 5.41) is 0. The van der Waals surface area contributed by atoms with Crippen LogP contribution >= 0.6 is 0 Å². The highest BCUT2D eigenvalue weighted by molar-refractivity contribution is 5.93. The number of rotatable bonds is 2. The summed E-state index contributed by atoms with van der Waals surface area (Å²) in [6.45, 7) is 0. The third-order valence-electron chi connectivity index (χ3n) is 2.57. The Kier molecular flexibility index (Phi) is 3.09. The van der Waals surface area contributed by atoms with Gasteiger partial charge in [0.05, 0.1) is 6.20 Å². The smallest absolute Gasteiger partial charge is 0.273 e. The first-order valence-electron chi connectivity index (χ1n) is 5.13. The molecule has 16 heavy (non-hydrogen) atoms. The Hall–Kier alpha value is -1.98. The normalized spacial score (nSPS) is 15.0. The molecular formula is C10H12N4O2. The topological polar surface area (TPSA) is 84.0 Å². The fourth-order valence-corrected chi connectivity index (χ4v) is 1.37. The summed E-state index contributed by atoms with van der Waals surface area (Å²) < 4.78 is 0. The molecule has 1 heterocycles. The lowest BCUT2D eigenvalue weighted by molar-refractivity contribution is -0.128. The van der Waals surface area contributed by atoms with Gasteiger partial charge in [0, 0.05) is 18.3 Å². The molecule has 1 aromatic heterocycles. The summed E-state index contributed by atoms with van der Waals surface area (Å²) in [5.41, 5.74) is 4.86. The first-order chi connectivity index (χ1) is 7.77. The van der Waals surface area contributed by atoms with Crippen LogP contribution in [0.15, 0.2) is 18.6 Å². The van der Waals surface area contributed by atoms with Gasteiger partial charge in [0.15, 0.2) is 0 Å². The van der Waals surface area contributed by atoms with E-state index >= 15 is 0 Å². The second-order valence-corrected chi connectivity index (χ2v) is 3.66. The maximum Gasteiger partial charge on any atom is 0.289 e. The highest BCUT2D eigenvalue weighted by Crippen LogP contribution is 2.25. The number of hydrogen-bond donors (Lipinski definition) is 2. The van der Waals surface area contributed by atoms with E-state index in [0.29, 0.717) is 0 Å². The minimum atomic E-state index is -0.458. The molecular weight excluding hydrogens is 208 g/mol. The van der Waals surface area contributed by atoms with Crippen LogP contribution in [0.1, 0.15) is 29.8 Å². The van der Waals surface area contributed by atoms with Crippen LogP contribution in [0.5, 0.6) is 0 Å². The van der Waals surface area contributed by atoms with Gasteiger partial charge in [0.25, 0.3) is 5.91 Å². The van der Waals surface area contributed by atoms with E-state index in [2.05, 4.69) is 20.8 Å². The van der Waals surface area contributed by atoms with E-state index in [9.17, 15) is 9.59 Å². The zero-order chi connectivity index (χ0) is 11.4. The fraction of sp³-hybridized carbons (Fsp3) is 0.400. The van der Waals surface area contributed by atoms with Crippen LogP contribution in [0.4, 0.5) is 0 Å². The highest BCUT2D eigenvalue weighted by atomic mass is 16.2. The third-order valence-corrected chi connectivity index (χ3v) is 2.57. The van der Waals surface area contributed by atoms with Crippen molar-refractivity contribution in [1.82, 2.24) is 20.8 Å². The summed E-state index contributed by atoms with van der Waals surface area (Å²) >= 11 is 0. The van der Waals surface area contributed by atoms with Gasteiger partial charge >= 0.3 is 0 Å². The first-order valence-corrected chi connectivity index (χ1v) is 5.13. The summed E-state index contributed by atoms with van der Waals surface area (Å²) in [7, 11) is 0. The molecule has 1 aliphatic carbocycles. The van der Waals surface area contributed by atoms with E-state index in [4.69, 9.17) is 0 Å². The number of aromatic nitrogens is 2. The molecule has 0 saturated heterocycles. The monoisotopic (exact) mass is 220 g/mol. The number of carbonyl (C=O) groups excluding carboxylic acids is 2. The lowest BCUT2D eigenvalue weighted by Crippen LogP contribution is -2.46. The standard InChI is InChI=1S/C10H12N4O2/c15-9(7-2-1-3-7)13-14-10(16)8-6-11-4-5-12-8/h4-7H,1-3H2,(H,13,15)(H,14,16). The summed E-state index contributed by atoms with van der Waals surface area (Å²) in [5.74, 6) is -0.550. The van der Waals surface area contributed by atoms with E-state index in [-0.39, 0.29) is 17.5 Å². The maximum atomic E-state index is 11.4. The molecule has 1 aromatic rings. The number of hydrazine groups is 1. The van der Waals surface area contributed by atoms with Gasteiger partial charge in [-0.15, -0.1) is 0 Å². The number of nitrogens with one attached hydrogen (secondary N) is 2. The molecule has 2 rings (SSSR count). The zero-order valence-electron chi connectivity index (χ0n) is 8.64. The minimum absolute atomic E-state index is 0.0437. The van der Waals surface area contributed by atoms with Gasteiger partial charge in [0.1, 0.15) is 5.69 Å². The molecule has 0 spiro atoms. The predicted octanol–water partition coefficient (Wildman–Crippen LogP) is 0.0377. The molecule has 1 saturated carbocycles. The Morgan fingerprint density at radius 2 is 2.06 bits per heavy atom. The van der Waals surface area contributed by atoms with E-state index in [1.54, 1.807) is 0 Å². The van der Waals surface area contributed by atoms with Gasteiger partial charge in [-0.25, -0.2) is 4.98 Å². The van der Waals surface area contributed by atoms with Gasteiger partial charge < -0.3 is 0 Å². The largest absolute Gasteiger partial charge is 0.289 e. The van der Waals surface area contributed by atoms with Crippen molar-refractivity contribution < 1.29 is 9.59 Å². The Labute approximate surface area is 92.4 Å². The van der Waals surface area contributed by atoms with Crippen molar-refractivity contribution in [3.8, 4) is 0 Å². The van der Waals surface area contributed by atoms with Crippen LogP contribution in [-0.2, 0) is 4.79 Å². The first kappa shape index (κ1) is 10.5. The summed E-state index contributed by atoms with van der Waals surface area (Å²) in [6.07, 6.45) is 7.10. The van der Waals surface area contributed by atoms with Crippen LogP contribution < -0.4 is 10.9 Å². The van der Waals surface area contributed by atoms with Crippen LogP contribution in [-0.4, -0.2) is 21.8 Å². The molecule has 0 aliphatic heterocycles. The fourth-order valence-electron chi connectivity index (χ4n) is 1.37. The average Bonchev–Trinajstić information content (AvgIpc) is 2.25. The third kappa shape index (κ3) is 2.33. The van der Waals surface area contributed by atoms with Crippen molar-refractivity contribution in [3.63, 3.8) is 0 Å². The number of amides is 2. The SMILES string of the molecule is O=C(NNC(=O)C1CCC1)c1cnccn1. The van der Waals surface area contributed by atoms with Crippen LogP contribution in [0.25, 0.3) is 0 Å². The van der Waals surface area contributed by atoms with Gasteiger partial charge in [-0.1, -0.05) is 6.42 Å². The molecule has 1 fully saturated rings. The van der Waals surface area contributed by atoms with Crippen molar-refractivity contribution in [3.05, 3.63) is 24.3 Å². The van der Waals surface area contributed by atoms with E-state index in [0.717, 1.165) is 19.3 Å². The number of nitrogens with zero attached hydrogens (tertiary/aromatic N) is 2. The van der Waals surface area contributed by atoms with Crippen molar-refractivity contribution in [2.24, 2.45) is 5.92 Å². The van der Waals surface area contributed by atoms with Gasteiger partial charge in [0.2, 0.25) is 5.91 Å². The predicted molar refractivity (Wildman–Crippen MR) is 55.0 cm³/mol. The number of carbonyl (C=O) groups is 2. The lowest BCUT2D eigenvalue weighted by Gasteiger charge is -2.23. The second kappa shape index (κ2) is 4.69. The molecule has 0 aromatic carbocycles. The quantitative estimate of drug-likeness (QED) is 0.689. The van der Waals surface area contributed by atoms with E-state index < -0.39 is 5.91 Å². The maximum absolute atomic E-state index is 11.4. The van der Waals surface area contributed by atoms with Crippen molar-refractivity contribution in [1.29, 1.82) is 0 Å². The molecule has 84 valence electrons. The average molecular weight is 220 g/mol. The van der Waals surface area contributed by atoms with E-state index in [1.165, 1.54) is 18.6 Å². The second-order valence-electron chi connectivity index (χ2n) is 3.66. The molecule has 2 amide bonds. The van der Waals surface area contributed by atoms with Crippen molar-refractivity contribution in [2.45, 2.75) is 19.3 Å². The molecule has 2 N–H and O–H groups in total. The Morgan fingerprint density at radius 1 is 1.25 bits per heavy atom. The number of hydrogen-bond acceptors (Lipinski definition) is 4. The molecule has 6 nitrogen and oxygen atoms in total. The summed E-state index contributed by atoms with van der Waals surface area (Å²) in [4.78, 5) is 30.4. The van der Waals surface area contributed by atoms with E-state index in [1.807, 2.05) is 0 Å². The van der Waals surface area contributed by atoms with Gasteiger partial charge in [-0.05, 0) is 12.8 Å². The minimum Gasteiger partial charge on any atom is -0.273 e. The zero-order valence-corrected chi connectivity index (χ0v) is 8.64. The van der Waals surface area contributed by atoms with Crippen molar-refractivity contribution in [2.75, 3.05) is 0 Å². The van der Waals surface area contributed by atoms with Gasteiger partial charge in [-0.2, -0.15) is 0 Å². The molecule has 0 unspecified atom stereocenters. The molecule has 0 radical (unpaired) electrons. The Bertz CT molecular complexity index is 389. The molecule has 0 bridgehead atoms. The Balaban J connectivity index is 1.81. The Morgan fingerprint density at radius 3 is 2.62 bits per heavy atom. The van der Waals surface area contributed by atoms with Gasteiger partial charge in [-0.3, -0.25) is 25.4 Å². The van der Waals surface area contributed by atoms with Crippen LogP contribution in [0.2, 0.25) is 0 Å². The highest BCUT2D eigenvalue weighted by Gasteiger charge is 2.25. The lowest BCUT2D eigenvalue weighted by atomic mass is 9.85. The van der Waals surface area contributed by atoms with Crippen LogP contribution in [0.3, 0.4) is 0 Å². The molecule has 1 aliphatic rings. The summed E-state index contributed by atoms with van der Waals surface area (Å²) in [6, 6.07) is 0. The van der Waals surface area contributed by atoms with Crippen molar-refractivity contribution >= 4 is 11.8 Å². The molecule has 0 atom stereocenters. The molecule has 6 heteroatoms.